The molecule has 1 rings (SSSR count). The maximum atomic E-state index is 8.69. The fraction of sp³-hybridized carbons (Fsp3) is 0.500. The van der Waals surface area contributed by atoms with Crippen LogP contribution in [0.15, 0.2) is 4.42 Å². The average Bonchev–Trinajstić information content (AvgIpc) is 2.47. The molecule has 0 radical (unpaired) electrons. The number of aliphatic hydroxyl groups excluding tert-OH is 1. The maximum absolute atomic E-state index is 8.69. The van der Waals surface area contributed by atoms with Crippen LogP contribution >= 0.6 is 0 Å². The molecular formula is C8H11N3O2. The van der Waals surface area contributed by atoms with E-state index >= 15 is 0 Å². The lowest BCUT2D eigenvalue weighted by Gasteiger charge is -2.13. The number of rotatable bonds is 3. The Balaban J connectivity index is 2.93. The molecule has 70 valence electrons. The van der Waals surface area contributed by atoms with Gasteiger partial charge in [0.1, 0.15) is 6.07 Å². The van der Waals surface area contributed by atoms with Crippen LogP contribution in [0.25, 0.3) is 0 Å². The zero-order chi connectivity index (χ0) is 9.84. The summed E-state index contributed by atoms with van der Waals surface area (Å²) in [7, 11) is 1.73. The minimum Gasteiger partial charge on any atom is -0.424 e. The van der Waals surface area contributed by atoms with E-state index in [1.165, 1.54) is 0 Å². The summed E-state index contributed by atoms with van der Waals surface area (Å²) in [5.41, 5.74) is 0.258. The van der Waals surface area contributed by atoms with Crippen LogP contribution in [0.2, 0.25) is 0 Å². The molecule has 1 N–H and O–H groups in total. The highest BCUT2D eigenvalue weighted by Gasteiger charge is 2.13. The topological polar surface area (TPSA) is 73.3 Å². The fourth-order valence-corrected chi connectivity index (χ4v) is 0.999. The van der Waals surface area contributed by atoms with Gasteiger partial charge in [0.2, 0.25) is 11.6 Å². The van der Waals surface area contributed by atoms with Gasteiger partial charge in [0.25, 0.3) is 0 Å². The highest BCUT2D eigenvalue weighted by Crippen LogP contribution is 2.19. The van der Waals surface area contributed by atoms with Crippen LogP contribution < -0.4 is 4.90 Å². The summed E-state index contributed by atoms with van der Waals surface area (Å²) in [6.45, 7) is 2.11. The first-order chi connectivity index (χ1) is 6.19. The molecular weight excluding hydrogens is 170 g/mol. The molecule has 0 aliphatic rings. The van der Waals surface area contributed by atoms with Crippen molar-refractivity contribution in [2.45, 2.75) is 6.92 Å². The van der Waals surface area contributed by atoms with E-state index in [9.17, 15) is 0 Å². The lowest BCUT2D eigenvalue weighted by Crippen LogP contribution is -2.21. The monoisotopic (exact) mass is 181 g/mol. The zero-order valence-electron chi connectivity index (χ0n) is 7.61. The van der Waals surface area contributed by atoms with Gasteiger partial charge >= 0.3 is 0 Å². The van der Waals surface area contributed by atoms with Gasteiger partial charge in [-0.15, -0.1) is 0 Å². The molecule has 0 aliphatic carbocycles. The van der Waals surface area contributed by atoms with E-state index in [1.807, 2.05) is 6.07 Å². The van der Waals surface area contributed by atoms with E-state index in [0.717, 1.165) is 0 Å². The molecule has 0 saturated carbocycles. The van der Waals surface area contributed by atoms with Crippen LogP contribution in [0.1, 0.15) is 11.6 Å². The fourth-order valence-electron chi connectivity index (χ4n) is 0.999. The van der Waals surface area contributed by atoms with Crippen molar-refractivity contribution < 1.29 is 9.52 Å². The molecule has 0 fully saturated rings. The molecule has 0 spiro atoms. The molecule has 13 heavy (non-hydrogen) atoms. The van der Waals surface area contributed by atoms with Crippen LogP contribution in [-0.2, 0) is 0 Å². The van der Waals surface area contributed by atoms with Crippen LogP contribution in [0, 0.1) is 18.3 Å². The van der Waals surface area contributed by atoms with Gasteiger partial charge in [0.05, 0.1) is 6.61 Å². The van der Waals surface area contributed by atoms with Gasteiger partial charge < -0.3 is 14.4 Å². The Morgan fingerprint density at radius 2 is 2.38 bits per heavy atom. The third-order valence-corrected chi connectivity index (χ3v) is 1.60. The number of anilines is 1. The Bertz CT molecular complexity index is 327. The number of aryl methyl sites for hydroxylation is 1. The first-order valence-corrected chi connectivity index (χ1v) is 3.88. The summed E-state index contributed by atoms with van der Waals surface area (Å²) in [4.78, 5) is 5.53. The molecule has 1 aromatic heterocycles. The van der Waals surface area contributed by atoms with Crippen molar-refractivity contribution in [3.05, 3.63) is 11.6 Å². The van der Waals surface area contributed by atoms with Crippen molar-refractivity contribution >= 4 is 5.88 Å². The maximum Gasteiger partial charge on any atom is 0.234 e. The number of likely N-dealkylation sites (N-methyl/N-ethyl adjacent to an activating group) is 1. The zero-order valence-corrected chi connectivity index (χ0v) is 7.61. The molecule has 1 heterocycles. The smallest absolute Gasteiger partial charge is 0.234 e. The van der Waals surface area contributed by atoms with E-state index < -0.39 is 0 Å². The van der Waals surface area contributed by atoms with Gasteiger partial charge in [0, 0.05) is 20.5 Å². The Morgan fingerprint density at radius 1 is 1.69 bits per heavy atom. The Hall–Kier alpha value is -1.54. The molecule has 5 nitrogen and oxygen atoms in total. The van der Waals surface area contributed by atoms with Crippen molar-refractivity contribution in [1.82, 2.24) is 4.98 Å². The van der Waals surface area contributed by atoms with Gasteiger partial charge in [-0.25, -0.2) is 4.98 Å². The van der Waals surface area contributed by atoms with Crippen LogP contribution in [-0.4, -0.2) is 30.3 Å². The van der Waals surface area contributed by atoms with Crippen LogP contribution in [0.5, 0.6) is 0 Å². The normalized spacial score (nSPS) is 9.69. The number of nitrogens with zero attached hydrogens (tertiary/aromatic N) is 3. The number of hydrogen-bond donors (Lipinski definition) is 1. The van der Waals surface area contributed by atoms with Gasteiger partial charge in [-0.1, -0.05) is 0 Å². The first-order valence-electron chi connectivity index (χ1n) is 3.88. The van der Waals surface area contributed by atoms with Crippen molar-refractivity contribution in [3.8, 4) is 6.07 Å². The molecule has 0 aliphatic heterocycles. The second-order valence-corrected chi connectivity index (χ2v) is 2.64. The summed E-state index contributed by atoms with van der Waals surface area (Å²) < 4.78 is 5.20. The highest BCUT2D eigenvalue weighted by atomic mass is 16.4. The quantitative estimate of drug-likeness (QED) is 0.725. The summed E-state index contributed by atoms with van der Waals surface area (Å²) >= 11 is 0. The van der Waals surface area contributed by atoms with E-state index in [4.69, 9.17) is 14.8 Å². The highest BCUT2D eigenvalue weighted by molar-refractivity contribution is 5.47. The van der Waals surface area contributed by atoms with Crippen molar-refractivity contribution in [3.63, 3.8) is 0 Å². The lowest BCUT2D eigenvalue weighted by molar-refractivity contribution is 0.301. The summed E-state index contributed by atoms with van der Waals surface area (Å²) in [6.07, 6.45) is 0. The second kappa shape index (κ2) is 3.92. The summed E-state index contributed by atoms with van der Waals surface area (Å²) in [5.74, 6) is 0.866. The van der Waals surface area contributed by atoms with Gasteiger partial charge in [-0.3, -0.25) is 0 Å². The van der Waals surface area contributed by atoms with E-state index in [2.05, 4.69) is 4.98 Å². The number of aliphatic hydroxyl groups is 1. The van der Waals surface area contributed by atoms with Gasteiger partial charge in [-0.2, -0.15) is 5.26 Å². The largest absolute Gasteiger partial charge is 0.424 e. The van der Waals surface area contributed by atoms with E-state index in [1.54, 1.807) is 18.9 Å². The predicted octanol–water partition coefficient (Wildman–Crippen LogP) is 0.283. The van der Waals surface area contributed by atoms with Gasteiger partial charge in [-0.05, 0) is 0 Å². The van der Waals surface area contributed by atoms with Crippen molar-refractivity contribution in [2.24, 2.45) is 0 Å². The lowest BCUT2D eigenvalue weighted by atomic mass is 10.4. The van der Waals surface area contributed by atoms with Crippen LogP contribution in [0.4, 0.5) is 5.88 Å². The number of nitriles is 1. The Kier molecular flexibility index (Phi) is 2.88. The standard InChI is InChI=1S/C8H11N3O2/c1-6-10-7(5-9)8(13-6)11(2)3-4-12/h12H,3-4H2,1-2H3. The second-order valence-electron chi connectivity index (χ2n) is 2.64. The molecule has 0 unspecified atom stereocenters. The molecule has 0 saturated heterocycles. The number of aromatic nitrogens is 1. The molecule has 0 bridgehead atoms. The average molecular weight is 181 g/mol. The molecule has 0 aromatic carbocycles. The van der Waals surface area contributed by atoms with E-state index in [0.29, 0.717) is 18.3 Å². The van der Waals surface area contributed by atoms with Crippen molar-refractivity contribution in [2.75, 3.05) is 25.1 Å². The number of oxazole rings is 1. The van der Waals surface area contributed by atoms with E-state index in [-0.39, 0.29) is 12.3 Å². The van der Waals surface area contributed by atoms with Crippen LogP contribution in [0.3, 0.4) is 0 Å². The minimum absolute atomic E-state index is 0.0150. The molecule has 0 atom stereocenters. The predicted molar refractivity (Wildman–Crippen MR) is 46.3 cm³/mol. The Labute approximate surface area is 76.2 Å². The minimum atomic E-state index is 0.0150. The third kappa shape index (κ3) is 1.98. The third-order valence-electron chi connectivity index (χ3n) is 1.60. The number of hydrogen-bond acceptors (Lipinski definition) is 5. The summed E-state index contributed by atoms with van der Waals surface area (Å²) in [6, 6.07) is 1.93. The molecule has 5 heteroatoms. The molecule has 1 aromatic rings. The van der Waals surface area contributed by atoms with Crippen molar-refractivity contribution in [1.29, 1.82) is 5.26 Å². The first kappa shape index (κ1) is 9.55. The van der Waals surface area contributed by atoms with Gasteiger partial charge in [0.15, 0.2) is 5.89 Å². The summed E-state index contributed by atoms with van der Waals surface area (Å²) in [5, 5.41) is 17.4. The molecule has 0 amide bonds. The Morgan fingerprint density at radius 3 is 2.92 bits per heavy atom. The SMILES string of the molecule is Cc1nc(C#N)c(N(C)CCO)o1.